The molecule has 0 saturated heterocycles. The van der Waals surface area contributed by atoms with Gasteiger partial charge < -0.3 is 10.4 Å². The molecule has 24 heavy (non-hydrogen) atoms. The number of hydrogen-bond acceptors (Lipinski definition) is 5. The lowest BCUT2D eigenvalue weighted by atomic mass is 10.1. The lowest BCUT2D eigenvalue weighted by Crippen LogP contribution is -2.24. The summed E-state index contributed by atoms with van der Waals surface area (Å²) in [5.74, 6) is -0.0510. The molecule has 0 radical (unpaired) electrons. The molecular weight excluding hydrogens is 328 g/mol. The number of phenols is 1. The molecule has 0 saturated carbocycles. The van der Waals surface area contributed by atoms with Gasteiger partial charge in [-0.2, -0.15) is 0 Å². The smallest absolute Gasteiger partial charge is 0.270 e. The molecule has 2 N–H and O–H groups in total. The highest BCUT2D eigenvalue weighted by molar-refractivity contribution is 8.00. The van der Waals surface area contributed by atoms with Crippen LogP contribution < -0.4 is 5.32 Å². The first-order valence-electron chi connectivity index (χ1n) is 7.30. The van der Waals surface area contributed by atoms with E-state index in [-0.39, 0.29) is 29.6 Å². The molecule has 0 heterocycles. The van der Waals surface area contributed by atoms with Gasteiger partial charge >= 0.3 is 0 Å². The van der Waals surface area contributed by atoms with Crippen LogP contribution >= 0.6 is 11.8 Å². The summed E-state index contributed by atoms with van der Waals surface area (Å²) in [5.41, 5.74) is 2.56. The molecule has 7 heteroatoms. The Morgan fingerprint density at radius 2 is 1.96 bits per heavy atom. The first kappa shape index (κ1) is 17.8. The van der Waals surface area contributed by atoms with Gasteiger partial charge in [-0.25, -0.2) is 0 Å². The Labute approximate surface area is 144 Å². The summed E-state index contributed by atoms with van der Waals surface area (Å²) in [4.78, 5) is 23.1. The maximum Gasteiger partial charge on any atom is 0.270 e. The summed E-state index contributed by atoms with van der Waals surface area (Å²) in [6, 6.07) is 9.73. The Hall–Kier alpha value is -2.54. The molecule has 2 rings (SSSR count). The summed E-state index contributed by atoms with van der Waals surface area (Å²) in [7, 11) is 0. The second kappa shape index (κ2) is 7.83. The van der Waals surface area contributed by atoms with Crippen molar-refractivity contribution in [2.45, 2.75) is 25.3 Å². The fraction of sp³-hybridized carbons (Fsp3) is 0.235. The molecule has 0 aromatic heterocycles. The molecule has 126 valence electrons. The molecule has 0 fully saturated rings. The van der Waals surface area contributed by atoms with Crippen molar-refractivity contribution in [3.63, 3.8) is 0 Å². The van der Waals surface area contributed by atoms with Crippen LogP contribution in [0.1, 0.15) is 16.7 Å². The molecule has 1 amide bonds. The third kappa shape index (κ3) is 4.73. The number of nitro benzene ring substituents is 1. The number of non-ortho nitro benzene ring substituents is 1. The van der Waals surface area contributed by atoms with Crippen LogP contribution in [0.25, 0.3) is 0 Å². The largest absolute Gasteiger partial charge is 0.508 e. The van der Waals surface area contributed by atoms with E-state index in [4.69, 9.17) is 0 Å². The molecule has 0 unspecified atom stereocenters. The van der Waals surface area contributed by atoms with E-state index in [0.717, 1.165) is 4.90 Å². The number of benzene rings is 2. The van der Waals surface area contributed by atoms with Crippen molar-refractivity contribution in [2.75, 3.05) is 5.75 Å². The minimum atomic E-state index is -0.541. The van der Waals surface area contributed by atoms with Gasteiger partial charge in [0.2, 0.25) is 5.91 Å². The first-order chi connectivity index (χ1) is 11.4. The SMILES string of the molecule is Cc1ccc(SCC(=O)NCc2cc([N+](=O)[O-])ccc2O)cc1C. The molecule has 2 aromatic rings. The van der Waals surface area contributed by atoms with Crippen molar-refractivity contribution < 1.29 is 14.8 Å². The third-order valence-corrected chi connectivity index (χ3v) is 4.59. The lowest BCUT2D eigenvalue weighted by Gasteiger charge is -2.08. The zero-order chi connectivity index (χ0) is 17.7. The van der Waals surface area contributed by atoms with Crippen molar-refractivity contribution in [3.05, 3.63) is 63.2 Å². The Morgan fingerprint density at radius 3 is 2.62 bits per heavy atom. The van der Waals surface area contributed by atoms with E-state index in [1.165, 1.54) is 41.1 Å². The second-order valence-corrected chi connectivity index (χ2v) is 6.43. The van der Waals surface area contributed by atoms with Crippen molar-refractivity contribution in [1.82, 2.24) is 5.32 Å². The van der Waals surface area contributed by atoms with Gasteiger partial charge in [-0.05, 0) is 43.2 Å². The number of nitrogens with zero attached hydrogens (tertiary/aromatic N) is 1. The van der Waals surface area contributed by atoms with E-state index in [2.05, 4.69) is 5.32 Å². The summed E-state index contributed by atoms with van der Waals surface area (Å²) >= 11 is 1.42. The molecule has 0 bridgehead atoms. The monoisotopic (exact) mass is 346 g/mol. The molecule has 2 aromatic carbocycles. The number of rotatable bonds is 6. The first-order valence-corrected chi connectivity index (χ1v) is 8.28. The van der Waals surface area contributed by atoms with Gasteiger partial charge in [-0.1, -0.05) is 6.07 Å². The highest BCUT2D eigenvalue weighted by atomic mass is 32.2. The standard InChI is InChI=1S/C17H18N2O4S/c1-11-3-5-15(7-12(11)2)24-10-17(21)18-9-13-8-14(19(22)23)4-6-16(13)20/h3-8,20H,9-10H2,1-2H3,(H,18,21). The van der Waals surface area contributed by atoms with Gasteiger partial charge in [-0.15, -0.1) is 11.8 Å². The van der Waals surface area contributed by atoms with Crippen LogP contribution in [0.3, 0.4) is 0 Å². The van der Waals surface area contributed by atoms with Crippen LogP contribution in [0, 0.1) is 24.0 Å². The van der Waals surface area contributed by atoms with Crippen LogP contribution in [0.5, 0.6) is 5.75 Å². The van der Waals surface area contributed by atoms with E-state index < -0.39 is 4.92 Å². The van der Waals surface area contributed by atoms with Crippen molar-refractivity contribution >= 4 is 23.4 Å². The van der Waals surface area contributed by atoms with Crippen LogP contribution in [-0.4, -0.2) is 21.7 Å². The number of nitrogens with one attached hydrogen (secondary N) is 1. The highest BCUT2D eigenvalue weighted by Gasteiger charge is 2.11. The third-order valence-electron chi connectivity index (χ3n) is 3.60. The Bertz CT molecular complexity index is 777. The predicted octanol–water partition coefficient (Wildman–Crippen LogP) is 3.33. The molecule has 0 spiro atoms. The molecule has 0 aliphatic carbocycles. The number of amides is 1. The van der Waals surface area contributed by atoms with Gasteiger partial charge in [0.05, 0.1) is 10.7 Å². The number of aromatic hydroxyl groups is 1. The fourth-order valence-corrected chi connectivity index (χ4v) is 2.85. The molecule has 6 nitrogen and oxygen atoms in total. The van der Waals surface area contributed by atoms with E-state index in [0.29, 0.717) is 5.56 Å². The molecule has 0 aliphatic heterocycles. The topological polar surface area (TPSA) is 92.5 Å². The maximum absolute atomic E-state index is 11.9. The maximum atomic E-state index is 11.9. The average Bonchev–Trinajstić information content (AvgIpc) is 2.55. The number of nitro groups is 1. The highest BCUT2D eigenvalue weighted by Crippen LogP contribution is 2.23. The van der Waals surface area contributed by atoms with Gasteiger partial charge in [0.15, 0.2) is 0 Å². The molecule has 0 aliphatic rings. The second-order valence-electron chi connectivity index (χ2n) is 5.38. The predicted molar refractivity (Wildman–Crippen MR) is 93.2 cm³/mol. The minimum absolute atomic E-state index is 0.0415. The van der Waals surface area contributed by atoms with E-state index in [9.17, 15) is 20.0 Å². The quantitative estimate of drug-likeness (QED) is 0.475. The van der Waals surface area contributed by atoms with E-state index in [1.54, 1.807) is 0 Å². The minimum Gasteiger partial charge on any atom is -0.508 e. The van der Waals surface area contributed by atoms with Crippen molar-refractivity contribution in [1.29, 1.82) is 0 Å². The number of phenolic OH excluding ortho intramolecular Hbond substituents is 1. The average molecular weight is 346 g/mol. The van der Waals surface area contributed by atoms with Gasteiger partial charge in [-0.3, -0.25) is 14.9 Å². The van der Waals surface area contributed by atoms with Crippen molar-refractivity contribution in [3.8, 4) is 5.75 Å². The van der Waals surface area contributed by atoms with Crippen LogP contribution in [0.2, 0.25) is 0 Å². The molecular formula is C17H18N2O4S. The Kier molecular flexibility index (Phi) is 5.81. The lowest BCUT2D eigenvalue weighted by molar-refractivity contribution is -0.384. The fourth-order valence-electron chi connectivity index (χ4n) is 2.02. The van der Waals surface area contributed by atoms with Gasteiger partial charge in [0.1, 0.15) is 5.75 Å². The van der Waals surface area contributed by atoms with Gasteiger partial charge in [0.25, 0.3) is 5.69 Å². The Morgan fingerprint density at radius 1 is 1.21 bits per heavy atom. The zero-order valence-corrected chi connectivity index (χ0v) is 14.2. The Balaban J connectivity index is 1.90. The van der Waals surface area contributed by atoms with Crippen LogP contribution in [-0.2, 0) is 11.3 Å². The number of carbonyl (C=O) groups excluding carboxylic acids is 1. The van der Waals surface area contributed by atoms with Crippen molar-refractivity contribution in [2.24, 2.45) is 0 Å². The van der Waals surface area contributed by atoms with Gasteiger partial charge in [0, 0.05) is 29.1 Å². The van der Waals surface area contributed by atoms with E-state index >= 15 is 0 Å². The summed E-state index contributed by atoms with van der Waals surface area (Å²) < 4.78 is 0. The van der Waals surface area contributed by atoms with E-state index in [1.807, 2.05) is 32.0 Å². The summed E-state index contributed by atoms with van der Waals surface area (Å²) in [5, 5.41) is 23.1. The number of thioether (sulfide) groups is 1. The number of hydrogen-bond donors (Lipinski definition) is 2. The van der Waals surface area contributed by atoms with Crippen LogP contribution in [0.4, 0.5) is 5.69 Å². The van der Waals surface area contributed by atoms with Crippen LogP contribution in [0.15, 0.2) is 41.3 Å². The number of aryl methyl sites for hydroxylation is 2. The zero-order valence-electron chi connectivity index (χ0n) is 13.4. The summed E-state index contributed by atoms with van der Waals surface area (Å²) in [6.07, 6.45) is 0. The molecule has 0 atom stereocenters. The number of carbonyl (C=O) groups is 1. The summed E-state index contributed by atoms with van der Waals surface area (Å²) in [6.45, 7) is 4.09. The normalized spacial score (nSPS) is 10.4.